The first-order chi connectivity index (χ1) is 9.72. The number of carbonyl (C=O) groups is 1. The Kier molecular flexibility index (Phi) is 5.79. The fraction of sp³-hybridized carbons (Fsp3) is 0.235. The Morgan fingerprint density at radius 1 is 0.952 bits per heavy atom. The number of hydrogen-bond acceptors (Lipinski definition) is 2. The number of hydrogen-bond donors (Lipinski definition) is 2. The average Bonchev–Trinajstić information content (AvgIpc) is 2.39. The minimum atomic E-state index is -0.855. The van der Waals surface area contributed by atoms with Crippen molar-refractivity contribution >= 4 is 17.6 Å². The van der Waals surface area contributed by atoms with E-state index in [0.29, 0.717) is 16.3 Å². The van der Waals surface area contributed by atoms with Crippen LogP contribution in [0.1, 0.15) is 32.6 Å². The van der Waals surface area contributed by atoms with Gasteiger partial charge in [-0.15, -0.1) is 0 Å². The third-order valence-electron chi connectivity index (χ3n) is 3.08. The first-order valence-corrected chi connectivity index (χ1v) is 6.86. The van der Waals surface area contributed by atoms with Crippen molar-refractivity contribution in [3.05, 3.63) is 63.2 Å². The molecule has 0 aliphatic carbocycles. The van der Waals surface area contributed by atoms with E-state index in [1.54, 1.807) is 25.1 Å². The van der Waals surface area contributed by atoms with Gasteiger partial charge in [0, 0.05) is 5.02 Å². The van der Waals surface area contributed by atoms with Crippen LogP contribution in [-0.2, 0) is 0 Å². The molecule has 0 aliphatic heterocycles. The van der Waals surface area contributed by atoms with E-state index in [2.05, 4.69) is 0 Å². The molecular formula is C17H19ClO3. The van der Waals surface area contributed by atoms with Crippen molar-refractivity contribution in [2.45, 2.75) is 27.7 Å². The van der Waals surface area contributed by atoms with Crippen molar-refractivity contribution in [2.24, 2.45) is 0 Å². The van der Waals surface area contributed by atoms with Crippen LogP contribution in [0.4, 0.5) is 0 Å². The molecule has 0 saturated carbocycles. The zero-order valence-electron chi connectivity index (χ0n) is 12.6. The molecule has 2 aromatic carbocycles. The zero-order valence-corrected chi connectivity index (χ0v) is 13.3. The van der Waals surface area contributed by atoms with Crippen molar-refractivity contribution in [2.75, 3.05) is 0 Å². The van der Waals surface area contributed by atoms with Crippen LogP contribution in [0.25, 0.3) is 0 Å². The van der Waals surface area contributed by atoms with Gasteiger partial charge in [-0.25, -0.2) is 4.79 Å². The van der Waals surface area contributed by atoms with Gasteiger partial charge in [0.25, 0.3) is 0 Å². The Hall–Kier alpha value is -2.00. The number of aromatic hydroxyl groups is 1. The molecule has 0 spiro atoms. The van der Waals surface area contributed by atoms with Crippen LogP contribution in [0.5, 0.6) is 5.75 Å². The Bertz CT molecular complexity index is 640. The summed E-state index contributed by atoms with van der Waals surface area (Å²) in [7, 11) is 0. The number of carboxylic acid groups (broad SMARTS) is 1. The number of aryl methyl sites for hydroxylation is 4. The Labute approximate surface area is 129 Å². The van der Waals surface area contributed by atoms with Gasteiger partial charge in [-0.05, 0) is 62.6 Å². The minimum Gasteiger partial charge on any atom is -0.507 e. The molecule has 0 atom stereocenters. The maximum atomic E-state index is 10.6. The normalized spacial score (nSPS) is 9.76. The standard InChI is InChI=1S/C9H10O2.C8H9ClO/c1-6-3-4-7(2)8(5-6)9(10)11;1-5-3-7(9)4-6(2)8(5)10/h3-5H,1-2H3,(H,10,11);3-4,10H,1-2H3. The fourth-order valence-electron chi connectivity index (χ4n) is 1.87. The van der Waals surface area contributed by atoms with Crippen LogP contribution in [0.15, 0.2) is 30.3 Å². The van der Waals surface area contributed by atoms with Crippen molar-refractivity contribution in [1.82, 2.24) is 0 Å². The summed E-state index contributed by atoms with van der Waals surface area (Å²) >= 11 is 5.71. The molecule has 2 aromatic rings. The Morgan fingerprint density at radius 2 is 1.48 bits per heavy atom. The molecule has 3 nitrogen and oxygen atoms in total. The van der Waals surface area contributed by atoms with Crippen LogP contribution in [0.2, 0.25) is 5.02 Å². The first-order valence-electron chi connectivity index (χ1n) is 6.48. The fourth-order valence-corrected chi connectivity index (χ4v) is 2.20. The topological polar surface area (TPSA) is 57.5 Å². The molecular weight excluding hydrogens is 288 g/mol. The third-order valence-corrected chi connectivity index (χ3v) is 3.30. The molecule has 112 valence electrons. The first kappa shape index (κ1) is 17.1. The lowest BCUT2D eigenvalue weighted by atomic mass is 10.1. The van der Waals surface area contributed by atoms with Gasteiger partial charge in [-0.1, -0.05) is 29.3 Å². The summed E-state index contributed by atoms with van der Waals surface area (Å²) < 4.78 is 0. The van der Waals surface area contributed by atoms with Gasteiger partial charge in [-0.2, -0.15) is 0 Å². The van der Waals surface area contributed by atoms with Gasteiger partial charge in [0.15, 0.2) is 0 Å². The molecule has 0 radical (unpaired) electrons. The highest BCUT2D eigenvalue weighted by molar-refractivity contribution is 6.30. The van der Waals surface area contributed by atoms with E-state index < -0.39 is 5.97 Å². The lowest BCUT2D eigenvalue weighted by Gasteiger charge is -2.01. The number of phenolic OH excluding ortho intramolecular Hbond substituents is 1. The summed E-state index contributed by atoms with van der Waals surface area (Å²) in [4.78, 5) is 10.6. The van der Waals surface area contributed by atoms with Crippen LogP contribution < -0.4 is 0 Å². The largest absolute Gasteiger partial charge is 0.507 e. The molecule has 0 unspecified atom stereocenters. The van der Waals surface area contributed by atoms with Gasteiger partial charge < -0.3 is 10.2 Å². The summed E-state index contributed by atoms with van der Waals surface area (Å²) in [5, 5.41) is 18.6. The minimum absolute atomic E-state index is 0.337. The summed E-state index contributed by atoms with van der Waals surface area (Å²) in [6, 6.07) is 8.88. The van der Waals surface area contributed by atoms with Crippen molar-refractivity contribution in [3.63, 3.8) is 0 Å². The van der Waals surface area contributed by atoms with Gasteiger partial charge in [-0.3, -0.25) is 0 Å². The monoisotopic (exact) mass is 306 g/mol. The number of aromatic carboxylic acids is 1. The van der Waals surface area contributed by atoms with Crippen molar-refractivity contribution in [3.8, 4) is 5.75 Å². The second-order valence-corrected chi connectivity index (χ2v) is 5.45. The highest BCUT2D eigenvalue weighted by Crippen LogP contribution is 2.24. The van der Waals surface area contributed by atoms with Gasteiger partial charge in [0.1, 0.15) is 5.75 Å². The van der Waals surface area contributed by atoms with E-state index in [1.807, 2.05) is 32.9 Å². The van der Waals surface area contributed by atoms with Crippen LogP contribution in [0.3, 0.4) is 0 Å². The molecule has 0 aromatic heterocycles. The highest BCUT2D eigenvalue weighted by Gasteiger charge is 2.05. The SMILES string of the molecule is Cc1cc(Cl)cc(C)c1O.Cc1ccc(C)c(C(=O)O)c1. The van der Waals surface area contributed by atoms with Crippen molar-refractivity contribution < 1.29 is 15.0 Å². The Balaban J connectivity index is 0.000000211. The molecule has 0 aliphatic rings. The molecule has 21 heavy (non-hydrogen) atoms. The molecule has 2 N–H and O–H groups in total. The second-order valence-electron chi connectivity index (χ2n) is 5.01. The predicted octanol–water partition coefficient (Wildman–Crippen LogP) is 4.66. The predicted molar refractivity (Wildman–Crippen MR) is 85.5 cm³/mol. The lowest BCUT2D eigenvalue weighted by Crippen LogP contribution is -1.99. The van der Waals surface area contributed by atoms with Gasteiger partial charge >= 0.3 is 5.97 Å². The van der Waals surface area contributed by atoms with Crippen LogP contribution >= 0.6 is 11.6 Å². The van der Waals surface area contributed by atoms with E-state index in [-0.39, 0.29) is 0 Å². The van der Waals surface area contributed by atoms with E-state index >= 15 is 0 Å². The summed E-state index contributed by atoms with van der Waals surface area (Å²) in [5.41, 5.74) is 3.83. The maximum absolute atomic E-state index is 10.6. The van der Waals surface area contributed by atoms with E-state index in [4.69, 9.17) is 16.7 Å². The third kappa shape index (κ3) is 4.80. The van der Waals surface area contributed by atoms with Gasteiger partial charge in [0.2, 0.25) is 0 Å². The molecule has 0 saturated heterocycles. The molecule has 0 bridgehead atoms. The van der Waals surface area contributed by atoms with E-state index in [0.717, 1.165) is 22.3 Å². The molecule has 4 heteroatoms. The number of phenols is 1. The molecule has 0 fully saturated rings. The number of rotatable bonds is 1. The molecule has 0 heterocycles. The zero-order chi connectivity index (χ0) is 16.2. The summed E-state index contributed by atoms with van der Waals surface area (Å²) in [6.07, 6.45) is 0. The summed E-state index contributed by atoms with van der Waals surface area (Å²) in [5.74, 6) is -0.518. The van der Waals surface area contributed by atoms with Crippen LogP contribution in [0, 0.1) is 27.7 Å². The number of halogens is 1. The van der Waals surface area contributed by atoms with Gasteiger partial charge in [0.05, 0.1) is 5.56 Å². The molecule has 2 rings (SSSR count). The quantitative estimate of drug-likeness (QED) is 0.805. The average molecular weight is 307 g/mol. The lowest BCUT2D eigenvalue weighted by molar-refractivity contribution is 0.0696. The van der Waals surface area contributed by atoms with Crippen molar-refractivity contribution in [1.29, 1.82) is 0 Å². The van der Waals surface area contributed by atoms with E-state index in [9.17, 15) is 9.90 Å². The smallest absolute Gasteiger partial charge is 0.335 e. The molecule has 0 amide bonds. The maximum Gasteiger partial charge on any atom is 0.335 e. The van der Waals surface area contributed by atoms with E-state index in [1.165, 1.54) is 0 Å². The Morgan fingerprint density at radius 3 is 1.90 bits per heavy atom. The summed E-state index contributed by atoms with van der Waals surface area (Å²) in [6.45, 7) is 7.33. The second kappa shape index (κ2) is 7.14. The number of carboxylic acids is 1. The number of benzene rings is 2. The highest BCUT2D eigenvalue weighted by atomic mass is 35.5. The van der Waals surface area contributed by atoms with Crippen LogP contribution in [-0.4, -0.2) is 16.2 Å².